The van der Waals surface area contributed by atoms with Crippen LogP contribution in [0.5, 0.6) is 0 Å². The van der Waals surface area contributed by atoms with Crippen molar-refractivity contribution in [3.8, 4) is 33.4 Å². The maximum atomic E-state index is 13.8. The molecule has 5 heterocycles. The highest BCUT2D eigenvalue weighted by molar-refractivity contribution is 6.24. The lowest BCUT2D eigenvalue weighted by Crippen LogP contribution is -2.23. The summed E-state index contributed by atoms with van der Waals surface area (Å²) >= 11 is 0. The molecule has 2 saturated carbocycles. The molecule has 0 radical (unpaired) electrons. The average molecular weight is 713 g/mol. The van der Waals surface area contributed by atoms with Crippen LogP contribution in [-0.4, -0.2) is 25.7 Å². The van der Waals surface area contributed by atoms with E-state index in [9.17, 15) is 4.79 Å². The number of Topliss-reactive ketones (excluding diaryl/α,β-unsaturated/α-hetero) is 1. The number of allylic oxidation sites excluding steroid dienone is 2. The highest BCUT2D eigenvalue weighted by Gasteiger charge is 2.53. The third-order valence-electron chi connectivity index (χ3n) is 12.6. The summed E-state index contributed by atoms with van der Waals surface area (Å²) in [4.78, 5) is 31.8. The average Bonchev–Trinajstić information content (AvgIpc) is 4.06. The van der Waals surface area contributed by atoms with Gasteiger partial charge in [-0.1, -0.05) is 90.0 Å². The van der Waals surface area contributed by atoms with Gasteiger partial charge in [0.1, 0.15) is 0 Å². The molecule has 11 rings (SSSR count). The normalized spacial score (nSPS) is 20.7. The molecular formula is C50H40N4O. The molecule has 2 N–H and O–H groups in total. The third kappa shape index (κ3) is 5.32. The first-order valence-corrected chi connectivity index (χ1v) is 19.6. The summed E-state index contributed by atoms with van der Waals surface area (Å²) in [5.41, 5.74) is 18.1. The second kappa shape index (κ2) is 12.4. The number of rotatable bonds is 4. The van der Waals surface area contributed by atoms with E-state index >= 15 is 0 Å². The Morgan fingerprint density at radius 2 is 1.05 bits per heavy atom. The molecule has 4 atom stereocenters. The van der Waals surface area contributed by atoms with Crippen molar-refractivity contribution in [2.45, 2.75) is 33.1 Å². The molecule has 0 spiro atoms. The first-order chi connectivity index (χ1) is 26.9. The van der Waals surface area contributed by atoms with E-state index in [2.05, 4.69) is 157 Å². The van der Waals surface area contributed by atoms with Gasteiger partial charge in [-0.25, -0.2) is 9.97 Å². The molecule has 10 bridgehead atoms. The number of nitrogens with zero attached hydrogens (tertiary/aromatic N) is 2. The molecule has 6 aromatic rings. The Balaban J connectivity index is 1.16. The molecule has 0 amide bonds. The molecule has 0 saturated heterocycles. The molecule has 2 fully saturated rings. The lowest BCUT2D eigenvalue weighted by atomic mass is 9.81. The maximum absolute atomic E-state index is 13.8. The van der Waals surface area contributed by atoms with Crippen LogP contribution in [-0.2, 0) is 4.79 Å². The number of hydrogen-bond acceptors (Lipinski definition) is 3. The smallest absolute Gasteiger partial charge is 0.167 e. The van der Waals surface area contributed by atoms with E-state index in [1.807, 2.05) is 0 Å². The lowest BCUT2D eigenvalue weighted by Gasteiger charge is -2.22. The molecule has 55 heavy (non-hydrogen) atoms. The van der Waals surface area contributed by atoms with Crippen molar-refractivity contribution >= 4 is 57.7 Å². The predicted octanol–water partition coefficient (Wildman–Crippen LogP) is 11.9. The van der Waals surface area contributed by atoms with E-state index in [0.717, 1.165) is 89.4 Å². The number of aromatic amines is 2. The maximum Gasteiger partial charge on any atom is 0.167 e. The zero-order valence-corrected chi connectivity index (χ0v) is 30.9. The van der Waals surface area contributed by atoms with Gasteiger partial charge in [0.05, 0.1) is 22.8 Å². The topological polar surface area (TPSA) is 74.4 Å². The second-order valence-electron chi connectivity index (χ2n) is 16.0. The van der Waals surface area contributed by atoms with Crippen molar-refractivity contribution in [1.82, 2.24) is 19.9 Å². The SMILES string of the molecule is Cc1ccc(-c2c3nc(c(-c4ccc(C5=CC6C7CCC(C7)C6C5=O)cc4)c4ccc([nH]4)c(-c4ccc(C)cc4)c4nc(cc5ccc2[nH]5)C=C4)C=C3)cc1. The zero-order chi connectivity index (χ0) is 36.8. The summed E-state index contributed by atoms with van der Waals surface area (Å²) in [6, 6.07) is 36.6. The van der Waals surface area contributed by atoms with E-state index in [-0.39, 0.29) is 5.92 Å². The Morgan fingerprint density at radius 1 is 0.545 bits per heavy atom. The summed E-state index contributed by atoms with van der Waals surface area (Å²) in [7, 11) is 0. The van der Waals surface area contributed by atoms with Crippen LogP contribution in [0.2, 0.25) is 0 Å². The van der Waals surface area contributed by atoms with Gasteiger partial charge >= 0.3 is 0 Å². The minimum absolute atomic E-state index is 0.194. The van der Waals surface area contributed by atoms with Crippen LogP contribution in [0.1, 0.15) is 58.7 Å². The predicted molar refractivity (Wildman–Crippen MR) is 225 cm³/mol. The summed E-state index contributed by atoms with van der Waals surface area (Å²) in [6.07, 6.45) is 14.5. The fourth-order valence-corrected chi connectivity index (χ4v) is 9.96. The van der Waals surface area contributed by atoms with Gasteiger partial charge < -0.3 is 9.97 Å². The van der Waals surface area contributed by atoms with Crippen LogP contribution in [0, 0.1) is 37.5 Å². The lowest BCUT2D eigenvalue weighted by molar-refractivity contribution is -0.118. The molecule has 5 aliphatic rings. The number of aromatic nitrogens is 4. The van der Waals surface area contributed by atoms with Crippen molar-refractivity contribution in [3.63, 3.8) is 0 Å². The van der Waals surface area contributed by atoms with Crippen LogP contribution >= 0.6 is 0 Å². The van der Waals surface area contributed by atoms with Gasteiger partial charge in [0.15, 0.2) is 5.78 Å². The monoisotopic (exact) mass is 712 g/mol. The van der Waals surface area contributed by atoms with E-state index in [0.29, 0.717) is 23.5 Å². The van der Waals surface area contributed by atoms with Crippen molar-refractivity contribution in [3.05, 3.63) is 149 Å². The first kappa shape index (κ1) is 32.1. The van der Waals surface area contributed by atoms with E-state index in [4.69, 9.17) is 9.97 Å². The number of fused-ring (bicyclic) bond motifs is 13. The number of carbonyl (C=O) groups excluding carboxylic acids is 1. The van der Waals surface area contributed by atoms with Gasteiger partial charge in [0.25, 0.3) is 0 Å². The summed E-state index contributed by atoms with van der Waals surface area (Å²) in [5.74, 6) is 2.22. The third-order valence-corrected chi connectivity index (χ3v) is 12.6. The zero-order valence-electron chi connectivity index (χ0n) is 30.9. The van der Waals surface area contributed by atoms with Crippen molar-refractivity contribution in [1.29, 1.82) is 0 Å². The number of H-pyrrole nitrogens is 2. The Bertz CT molecular complexity index is 2790. The number of ketones is 1. The Morgan fingerprint density at radius 3 is 1.67 bits per heavy atom. The molecule has 2 aliphatic heterocycles. The standard InChI is InChI=1S/C50H40N4O/c1-28-3-7-31(8-4-28)47-40-19-17-36(51-40)26-37-18-20-41(52-37)48(32-9-5-29(2)6-10-32)43-22-24-45(54-43)49(44-23-21-42(47)53-44)33-13-11-30(12-14-33)39-27-38-34-15-16-35(25-34)46(38)50(39)55/h3-14,17-24,26-27,34-35,38,46,51,54H,15-16,25H2,1-2H3. The van der Waals surface area contributed by atoms with Crippen molar-refractivity contribution in [2.24, 2.45) is 23.7 Å². The largest absolute Gasteiger partial charge is 0.355 e. The fourth-order valence-electron chi connectivity index (χ4n) is 9.96. The fraction of sp³-hybridized carbons (Fsp3) is 0.180. The summed E-state index contributed by atoms with van der Waals surface area (Å²) < 4.78 is 0. The van der Waals surface area contributed by atoms with Crippen LogP contribution in [0.4, 0.5) is 0 Å². The molecule has 3 aromatic carbocycles. The van der Waals surface area contributed by atoms with Crippen molar-refractivity contribution in [2.75, 3.05) is 0 Å². The van der Waals surface area contributed by atoms with E-state index in [1.54, 1.807) is 0 Å². The Kier molecular flexibility index (Phi) is 7.22. The van der Waals surface area contributed by atoms with Gasteiger partial charge in [-0.15, -0.1) is 0 Å². The molecule has 3 aliphatic carbocycles. The van der Waals surface area contributed by atoms with Gasteiger partial charge in [0.2, 0.25) is 0 Å². The number of carbonyl (C=O) groups is 1. The Labute approximate surface area is 320 Å². The minimum atomic E-state index is 0.194. The second-order valence-corrected chi connectivity index (χ2v) is 16.0. The van der Waals surface area contributed by atoms with Crippen LogP contribution < -0.4 is 0 Å². The quantitative estimate of drug-likeness (QED) is 0.191. The first-order valence-electron chi connectivity index (χ1n) is 19.6. The van der Waals surface area contributed by atoms with Crippen LogP contribution in [0.3, 0.4) is 0 Å². The van der Waals surface area contributed by atoms with Gasteiger partial charge in [-0.05, 0) is 128 Å². The summed E-state index contributed by atoms with van der Waals surface area (Å²) in [6.45, 7) is 4.23. The summed E-state index contributed by atoms with van der Waals surface area (Å²) in [5, 5.41) is 0. The number of benzene rings is 3. The highest BCUT2D eigenvalue weighted by Crippen LogP contribution is 2.57. The molecule has 266 valence electrons. The van der Waals surface area contributed by atoms with Crippen molar-refractivity contribution < 1.29 is 4.79 Å². The molecule has 5 heteroatoms. The molecule has 5 nitrogen and oxygen atoms in total. The Hall–Kier alpha value is -6.33. The van der Waals surface area contributed by atoms with Gasteiger partial charge in [-0.2, -0.15) is 0 Å². The van der Waals surface area contributed by atoms with E-state index in [1.165, 1.54) is 30.4 Å². The van der Waals surface area contributed by atoms with Crippen LogP contribution in [0.25, 0.3) is 85.3 Å². The van der Waals surface area contributed by atoms with Gasteiger partial charge in [0, 0.05) is 50.2 Å². The number of aryl methyl sites for hydroxylation is 2. The van der Waals surface area contributed by atoms with Crippen LogP contribution in [0.15, 0.2) is 109 Å². The minimum Gasteiger partial charge on any atom is -0.355 e. The highest BCUT2D eigenvalue weighted by atomic mass is 16.1. The molecular weight excluding hydrogens is 673 g/mol. The number of hydrogen-bond donors (Lipinski definition) is 2. The van der Waals surface area contributed by atoms with Gasteiger partial charge in [-0.3, -0.25) is 4.79 Å². The molecule has 4 unspecified atom stereocenters. The number of nitrogens with one attached hydrogen (secondary N) is 2. The molecule has 3 aromatic heterocycles. The van der Waals surface area contributed by atoms with E-state index < -0.39 is 0 Å².